The molecule has 0 aromatic heterocycles. The van der Waals surface area contributed by atoms with Crippen LogP contribution >= 0.6 is 0 Å². The van der Waals surface area contributed by atoms with Crippen molar-refractivity contribution in [1.82, 2.24) is 4.90 Å². The highest BCUT2D eigenvalue weighted by atomic mass is 16.6. The first kappa shape index (κ1) is 22.7. The number of hydrogen-bond donors (Lipinski definition) is 2. The number of hydrogen-bond acceptors (Lipinski definition) is 9. The largest absolute Gasteiger partial charge is 0.493 e. The second-order valence-electron chi connectivity index (χ2n) is 9.40. The van der Waals surface area contributed by atoms with Crippen molar-refractivity contribution in [2.24, 2.45) is 0 Å². The molecule has 0 amide bonds. The molecule has 34 heavy (non-hydrogen) atoms. The Morgan fingerprint density at radius 1 is 1.32 bits per heavy atom. The van der Waals surface area contributed by atoms with Gasteiger partial charge in [-0.3, -0.25) is 9.59 Å². The Hall–Kier alpha value is -3.11. The fourth-order valence-electron chi connectivity index (χ4n) is 6.30. The molecule has 2 bridgehead atoms. The Balaban J connectivity index is 1.57. The Morgan fingerprint density at radius 3 is 2.76 bits per heavy atom. The third-order valence-corrected chi connectivity index (χ3v) is 7.71. The molecule has 0 saturated carbocycles. The highest BCUT2D eigenvalue weighted by molar-refractivity contribution is 5.84. The lowest BCUT2D eigenvalue weighted by atomic mass is 9.50. The number of carboxylic acid groups (broad SMARTS) is 1. The van der Waals surface area contributed by atoms with Crippen molar-refractivity contribution in [3.05, 3.63) is 35.1 Å². The van der Waals surface area contributed by atoms with Gasteiger partial charge in [0.15, 0.2) is 17.6 Å². The number of benzene rings is 1. The van der Waals surface area contributed by atoms with E-state index in [1.807, 2.05) is 19.2 Å². The van der Waals surface area contributed by atoms with Crippen LogP contribution in [0.1, 0.15) is 37.3 Å². The average Bonchev–Trinajstić information content (AvgIpc) is 3.12. The fraction of sp³-hybridized carbons (Fsp3) is 0.542. The molecule has 0 unspecified atom stereocenters. The standard InChI is InChI=1S/C24H27NO9/c1-12(26)32-16(11-18(27)28)22(29)33-15-6-7-24(30)17-10-13-4-5-14(31-3)20-19(13)23(24,21(15)34-20)8-9-25(17)2/h4-6,16-17,21,30H,7-11H2,1-3H3,(H,27,28)/t16-,17+,21-,23-,24+/m0/s1. The number of carbonyl (C=O) groups excluding carboxylic acids is 2. The van der Waals surface area contributed by atoms with Gasteiger partial charge < -0.3 is 34.1 Å². The minimum atomic E-state index is -1.60. The summed E-state index contributed by atoms with van der Waals surface area (Å²) in [4.78, 5) is 37.7. The van der Waals surface area contributed by atoms with Gasteiger partial charge in [0.25, 0.3) is 0 Å². The average molecular weight is 473 g/mol. The predicted molar refractivity (Wildman–Crippen MR) is 115 cm³/mol. The molecule has 2 N–H and O–H groups in total. The van der Waals surface area contributed by atoms with E-state index in [1.165, 1.54) is 0 Å². The van der Waals surface area contributed by atoms with E-state index in [1.54, 1.807) is 13.2 Å². The Bertz CT molecular complexity index is 1100. The van der Waals surface area contributed by atoms with Crippen molar-refractivity contribution in [3.8, 4) is 11.5 Å². The van der Waals surface area contributed by atoms with Crippen molar-refractivity contribution in [1.29, 1.82) is 0 Å². The molecular weight excluding hydrogens is 446 g/mol. The molecule has 1 saturated heterocycles. The predicted octanol–water partition coefficient (Wildman–Crippen LogP) is 0.922. The summed E-state index contributed by atoms with van der Waals surface area (Å²) in [6.07, 6.45) is -0.0880. The molecule has 2 aliphatic heterocycles. The zero-order chi connectivity index (χ0) is 24.4. The monoisotopic (exact) mass is 473 g/mol. The number of aliphatic hydroxyl groups is 1. The summed E-state index contributed by atoms with van der Waals surface area (Å²) in [6.45, 7) is 1.80. The van der Waals surface area contributed by atoms with Crippen LogP contribution in [0.3, 0.4) is 0 Å². The number of ether oxygens (including phenoxy) is 4. The zero-order valence-electron chi connectivity index (χ0n) is 19.2. The molecule has 5 atom stereocenters. The first-order valence-electron chi connectivity index (χ1n) is 11.2. The van der Waals surface area contributed by atoms with Crippen molar-refractivity contribution in [2.45, 2.75) is 61.9 Å². The van der Waals surface area contributed by atoms with Gasteiger partial charge in [0.05, 0.1) is 24.5 Å². The third-order valence-electron chi connectivity index (χ3n) is 7.71. The van der Waals surface area contributed by atoms with Crippen LogP contribution < -0.4 is 9.47 Å². The van der Waals surface area contributed by atoms with Crippen LogP contribution in [0.5, 0.6) is 11.5 Å². The van der Waals surface area contributed by atoms with E-state index in [-0.39, 0.29) is 18.2 Å². The first-order valence-corrected chi connectivity index (χ1v) is 11.2. The summed E-state index contributed by atoms with van der Waals surface area (Å²) in [7, 11) is 3.53. The van der Waals surface area contributed by atoms with Crippen LogP contribution in [0, 0.1) is 0 Å². The van der Waals surface area contributed by atoms with E-state index in [0.29, 0.717) is 30.9 Å². The Kier molecular flexibility index (Phi) is 5.14. The number of piperidine rings is 1. The maximum absolute atomic E-state index is 12.9. The molecule has 1 fully saturated rings. The second-order valence-corrected chi connectivity index (χ2v) is 9.40. The highest BCUT2D eigenvalue weighted by Crippen LogP contribution is 2.65. The first-order chi connectivity index (χ1) is 16.1. The van der Waals surface area contributed by atoms with Crippen LogP contribution in [0.25, 0.3) is 0 Å². The lowest BCUT2D eigenvalue weighted by Crippen LogP contribution is -2.74. The van der Waals surface area contributed by atoms with E-state index < -0.39 is 47.6 Å². The molecule has 2 heterocycles. The molecule has 5 rings (SSSR count). The number of likely N-dealkylation sites (N-methyl/N-ethyl adjacent to an activating group) is 1. The number of methoxy groups -OCH3 is 1. The number of nitrogens with zero attached hydrogens (tertiary/aromatic N) is 1. The normalized spacial score (nSPS) is 31.5. The van der Waals surface area contributed by atoms with Crippen LogP contribution in [0.4, 0.5) is 0 Å². The van der Waals surface area contributed by atoms with E-state index in [2.05, 4.69) is 4.90 Å². The van der Waals surface area contributed by atoms with Gasteiger partial charge >= 0.3 is 17.9 Å². The van der Waals surface area contributed by atoms with Crippen LogP contribution in [0.2, 0.25) is 0 Å². The third kappa shape index (κ3) is 2.98. The minimum absolute atomic E-state index is 0.159. The summed E-state index contributed by atoms with van der Waals surface area (Å²) >= 11 is 0. The molecule has 1 aromatic carbocycles. The summed E-state index contributed by atoms with van der Waals surface area (Å²) in [6, 6.07) is 3.67. The molecule has 10 nitrogen and oxygen atoms in total. The molecule has 0 radical (unpaired) electrons. The molecule has 1 aromatic rings. The zero-order valence-corrected chi connectivity index (χ0v) is 19.2. The summed E-state index contributed by atoms with van der Waals surface area (Å²) in [5, 5.41) is 21.3. The number of rotatable bonds is 6. The maximum atomic E-state index is 12.9. The molecular formula is C24H27NO9. The minimum Gasteiger partial charge on any atom is -0.493 e. The van der Waals surface area contributed by atoms with Gasteiger partial charge in [0.1, 0.15) is 5.76 Å². The van der Waals surface area contributed by atoms with E-state index in [0.717, 1.165) is 18.1 Å². The quantitative estimate of drug-likeness (QED) is 0.575. The van der Waals surface area contributed by atoms with Gasteiger partial charge in [-0.2, -0.15) is 0 Å². The van der Waals surface area contributed by atoms with E-state index >= 15 is 0 Å². The van der Waals surface area contributed by atoms with Crippen molar-refractivity contribution < 1.29 is 43.5 Å². The van der Waals surface area contributed by atoms with Gasteiger partial charge in [-0.1, -0.05) is 6.07 Å². The van der Waals surface area contributed by atoms with Crippen molar-refractivity contribution >= 4 is 17.9 Å². The van der Waals surface area contributed by atoms with E-state index in [9.17, 15) is 19.5 Å². The highest BCUT2D eigenvalue weighted by Gasteiger charge is 2.72. The molecule has 4 aliphatic rings. The summed E-state index contributed by atoms with van der Waals surface area (Å²) < 4.78 is 22.5. The lowest BCUT2D eigenvalue weighted by Gasteiger charge is -2.61. The fourth-order valence-corrected chi connectivity index (χ4v) is 6.30. The van der Waals surface area contributed by atoms with Crippen LogP contribution in [0.15, 0.2) is 24.0 Å². The van der Waals surface area contributed by atoms with Gasteiger partial charge in [-0.25, -0.2) is 4.79 Å². The van der Waals surface area contributed by atoms with Crippen molar-refractivity contribution in [3.63, 3.8) is 0 Å². The number of carboxylic acids is 1. The van der Waals surface area contributed by atoms with Gasteiger partial charge in [0.2, 0.25) is 6.10 Å². The number of aliphatic carboxylic acids is 1. The van der Waals surface area contributed by atoms with E-state index in [4.69, 9.17) is 24.1 Å². The number of likely N-dealkylation sites (tertiary alicyclic amines) is 1. The van der Waals surface area contributed by atoms with Gasteiger partial charge in [-0.05, 0) is 44.1 Å². The molecule has 10 heteroatoms. The second kappa shape index (κ2) is 7.71. The molecule has 2 aliphatic carbocycles. The Labute approximate surface area is 196 Å². The molecule has 1 spiro atoms. The van der Waals surface area contributed by atoms with Gasteiger partial charge in [0, 0.05) is 24.9 Å². The van der Waals surface area contributed by atoms with Crippen molar-refractivity contribution in [2.75, 3.05) is 20.7 Å². The van der Waals surface area contributed by atoms with Gasteiger partial charge in [-0.15, -0.1) is 0 Å². The number of esters is 2. The summed E-state index contributed by atoms with van der Waals surface area (Å²) in [5.41, 5.74) is -0.0970. The topological polar surface area (TPSA) is 132 Å². The lowest BCUT2D eigenvalue weighted by molar-refractivity contribution is -0.177. The van der Waals surface area contributed by atoms with Crippen LogP contribution in [-0.4, -0.2) is 77.6 Å². The molecule has 182 valence electrons. The SMILES string of the molecule is COc1ccc2c3c1O[C@H]1C(OC(=O)[C@H](CC(=O)O)OC(C)=O)=CC[C@@]4(O)[C@@H](C2)N(C)CC[C@]314. The maximum Gasteiger partial charge on any atom is 0.353 e. The Morgan fingerprint density at radius 2 is 2.09 bits per heavy atom. The van der Waals surface area contributed by atoms with Crippen LogP contribution in [-0.2, 0) is 35.7 Å². The smallest absolute Gasteiger partial charge is 0.353 e. The summed E-state index contributed by atoms with van der Waals surface area (Å²) in [5.74, 6) is -1.88. The number of carbonyl (C=O) groups is 3.